The molecule has 1 aliphatic heterocycles. The minimum atomic E-state index is -0.197. The van der Waals surface area contributed by atoms with Crippen LogP contribution in [0.25, 0.3) is 11.0 Å². The van der Waals surface area contributed by atoms with E-state index in [-0.39, 0.29) is 18.3 Å². The lowest BCUT2D eigenvalue weighted by Crippen LogP contribution is -1.99. The van der Waals surface area contributed by atoms with Gasteiger partial charge in [0.05, 0.1) is 6.61 Å². The second-order valence-electron chi connectivity index (χ2n) is 5.14. The van der Waals surface area contributed by atoms with E-state index in [4.69, 9.17) is 18.6 Å². The first kappa shape index (κ1) is 13.7. The van der Waals surface area contributed by atoms with Gasteiger partial charge in [-0.15, -0.1) is 0 Å². The fourth-order valence-electron chi connectivity index (χ4n) is 2.56. The van der Waals surface area contributed by atoms with E-state index in [0.29, 0.717) is 29.3 Å². The molecule has 0 amide bonds. The van der Waals surface area contributed by atoms with Crippen LogP contribution < -0.4 is 14.2 Å². The van der Waals surface area contributed by atoms with Crippen molar-refractivity contribution in [2.45, 2.75) is 6.92 Å². The predicted octanol–water partition coefficient (Wildman–Crippen LogP) is 3.79. The van der Waals surface area contributed by atoms with Crippen LogP contribution in [0.15, 0.2) is 46.9 Å². The lowest BCUT2D eigenvalue weighted by molar-refractivity contribution is 0.101. The number of hydrogen-bond acceptors (Lipinski definition) is 5. The van der Waals surface area contributed by atoms with E-state index in [0.717, 1.165) is 11.1 Å². The van der Waals surface area contributed by atoms with Crippen LogP contribution in [0.2, 0.25) is 0 Å². The topological polar surface area (TPSA) is 57.9 Å². The summed E-state index contributed by atoms with van der Waals surface area (Å²) < 4.78 is 21.7. The molecule has 0 spiro atoms. The maximum atomic E-state index is 12.6. The van der Waals surface area contributed by atoms with Gasteiger partial charge in [0.2, 0.25) is 12.6 Å². The zero-order valence-corrected chi connectivity index (χ0v) is 12.5. The van der Waals surface area contributed by atoms with Gasteiger partial charge in [0.15, 0.2) is 17.3 Å². The van der Waals surface area contributed by atoms with E-state index in [2.05, 4.69) is 0 Å². The highest BCUT2D eigenvalue weighted by Crippen LogP contribution is 2.33. The molecule has 2 aromatic carbocycles. The Morgan fingerprint density at radius 1 is 1.09 bits per heavy atom. The third kappa shape index (κ3) is 2.40. The zero-order valence-electron chi connectivity index (χ0n) is 12.5. The molecule has 3 aromatic rings. The number of fused-ring (bicyclic) bond motifs is 2. The summed E-state index contributed by atoms with van der Waals surface area (Å²) in [6.07, 6.45) is 0. The van der Waals surface area contributed by atoms with Crippen molar-refractivity contribution in [3.8, 4) is 17.2 Å². The van der Waals surface area contributed by atoms with Gasteiger partial charge in [-0.25, -0.2) is 0 Å². The lowest BCUT2D eigenvalue weighted by Gasteiger charge is -2.01. The van der Waals surface area contributed by atoms with Crippen molar-refractivity contribution >= 4 is 16.8 Å². The van der Waals surface area contributed by atoms with E-state index in [1.807, 2.05) is 19.1 Å². The second-order valence-corrected chi connectivity index (χ2v) is 5.14. The molecule has 5 heteroatoms. The highest BCUT2D eigenvalue weighted by molar-refractivity contribution is 6.09. The monoisotopic (exact) mass is 310 g/mol. The largest absolute Gasteiger partial charge is 0.494 e. The summed E-state index contributed by atoms with van der Waals surface area (Å²) in [6, 6.07) is 12.4. The van der Waals surface area contributed by atoms with Crippen LogP contribution in [0, 0.1) is 0 Å². The van der Waals surface area contributed by atoms with Crippen molar-refractivity contribution in [1.82, 2.24) is 0 Å². The predicted molar refractivity (Wildman–Crippen MR) is 83.4 cm³/mol. The van der Waals surface area contributed by atoms with Gasteiger partial charge in [0.1, 0.15) is 11.3 Å². The molecule has 0 atom stereocenters. The van der Waals surface area contributed by atoms with Crippen LogP contribution in [0.4, 0.5) is 0 Å². The molecular formula is C18H14O5. The van der Waals surface area contributed by atoms with Gasteiger partial charge >= 0.3 is 0 Å². The molecule has 0 unspecified atom stereocenters. The second kappa shape index (κ2) is 5.35. The van der Waals surface area contributed by atoms with Crippen LogP contribution in [0.5, 0.6) is 17.2 Å². The first-order valence-electron chi connectivity index (χ1n) is 7.35. The summed E-state index contributed by atoms with van der Waals surface area (Å²) in [5, 5.41) is 0.859. The number of carbonyl (C=O) groups excluding carboxylic acids is 1. The summed E-state index contributed by atoms with van der Waals surface area (Å²) >= 11 is 0. The Kier molecular flexibility index (Phi) is 3.19. The van der Waals surface area contributed by atoms with Crippen molar-refractivity contribution in [2.24, 2.45) is 0 Å². The Hall–Kier alpha value is -2.95. The van der Waals surface area contributed by atoms with E-state index >= 15 is 0 Å². The molecule has 0 aliphatic carbocycles. The van der Waals surface area contributed by atoms with Crippen molar-refractivity contribution < 1.29 is 23.4 Å². The van der Waals surface area contributed by atoms with Gasteiger partial charge in [0, 0.05) is 17.0 Å². The Bertz CT molecular complexity index is 894. The Labute approximate surface area is 132 Å². The van der Waals surface area contributed by atoms with Crippen molar-refractivity contribution in [3.05, 3.63) is 53.8 Å². The average Bonchev–Trinajstić information content (AvgIpc) is 3.19. The number of furan rings is 1. The van der Waals surface area contributed by atoms with Gasteiger partial charge in [-0.3, -0.25) is 4.79 Å². The van der Waals surface area contributed by atoms with Crippen LogP contribution >= 0.6 is 0 Å². The summed E-state index contributed by atoms with van der Waals surface area (Å²) in [5.74, 6) is 2.03. The summed E-state index contributed by atoms with van der Waals surface area (Å²) in [7, 11) is 0. The molecule has 0 N–H and O–H groups in total. The van der Waals surface area contributed by atoms with Gasteiger partial charge < -0.3 is 18.6 Å². The molecule has 1 aliphatic rings. The third-order valence-corrected chi connectivity index (χ3v) is 3.66. The molecular weight excluding hydrogens is 296 g/mol. The van der Waals surface area contributed by atoms with Crippen LogP contribution in [0.1, 0.15) is 23.0 Å². The summed E-state index contributed by atoms with van der Waals surface area (Å²) in [6.45, 7) is 2.67. The van der Waals surface area contributed by atoms with Gasteiger partial charge in [-0.2, -0.15) is 0 Å². The first-order chi connectivity index (χ1) is 11.2. The molecule has 0 bridgehead atoms. The maximum absolute atomic E-state index is 12.6. The fourth-order valence-corrected chi connectivity index (χ4v) is 2.56. The molecule has 4 rings (SSSR count). The summed E-state index contributed by atoms with van der Waals surface area (Å²) in [5.41, 5.74) is 1.12. The van der Waals surface area contributed by atoms with Crippen molar-refractivity contribution in [3.63, 3.8) is 0 Å². The van der Waals surface area contributed by atoms with Crippen molar-refractivity contribution in [2.75, 3.05) is 13.4 Å². The number of benzene rings is 2. The molecule has 5 nitrogen and oxygen atoms in total. The highest BCUT2D eigenvalue weighted by atomic mass is 16.7. The third-order valence-electron chi connectivity index (χ3n) is 3.66. The normalized spacial score (nSPS) is 12.6. The van der Waals surface area contributed by atoms with Crippen LogP contribution in [-0.4, -0.2) is 19.2 Å². The first-order valence-corrected chi connectivity index (χ1v) is 7.35. The average molecular weight is 310 g/mol. The number of rotatable bonds is 4. The molecule has 2 heterocycles. The van der Waals surface area contributed by atoms with Crippen LogP contribution in [-0.2, 0) is 0 Å². The zero-order chi connectivity index (χ0) is 15.8. The SMILES string of the molecule is CCOc1ccc2cc(C(=O)c3ccc4c(c3)OCO4)oc2c1. The highest BCUT2D eigenvalue weighted by Gasteiger charge is 2.19. The molecule has 1 aromatic heterocycles. The molecule has 0 saturated heterocycles. The fraction of sp³-hybridized carbons (Fsp3) is 0.167. The number of hydrogen-bond donors (Lipinski definition) is 0. The Balaban J connectivity index is 1.69. The van der Waals surface area contributed by atoms with E-state index < -0.39 is 0 Å². The molecule has 23 heavy (non-hydrogen) atoms. The standard InChI is InChI=1S/C18H14O5/c1-2-20-13-5-3-11-7-17(23-15(11)9-13)18(19)12-4-6-14-16(8-12)22-10-21-14/h3-9H,2,10H2,1H3. The molecule has 116 valence electrons. The summed E-state index contributed by atoms with van der Waals surface area (Å²) in [4.78, 5) is 12.6. The van der Waals surface area contributed by atoms with Gasteiger partial charge in [-0.1, -0.05) is 0 Å². The number of ether oxygens (including phenoxy) is 3. The molecule has 0 radical (unpaired) electrons. The minimum absolute atomic E-state index is 0.178. The van der Waals surface area contributed by atoms with E-state index in [9.17, 15) is 4.79 Å². The maximum Gasteiger partial charge on any atom is 0.231 e. The van der Waals surface area contributed by atoms with Crippen LogP contribution in [0.3, 0.4) is 0 Å². The lowest BCUT2D eigenvalue weighted by atomic mass is 10.1. The molecule has 0 saturated carbocycles. The Morgan fingerprint density at radius 3 is 2.83 bits per heavy atom. The molecule has 0 fully saturated rings. The van der Waals surface area contributed by atoms with E-state index in [1.54, 1.807) is 30.3 Å². The smallest absolute Gasteiger partial charge is 0.231 e. The van der Waals surface area contributed by atoms with Gasteiger partial charge in [0.25, 0.3) is 0 Å². The van der Waals surface area contributed by atoms with Crippen molar-refractivity contribution in [1.29, 1.82) is 0 Å². The number of carbonyl (C=O) groups is 1. The quantitative estimate of drug-likeness (QED) is 0.686. The minimum Gasteiger partial charge on any atom is -0.494 e. The van der Waals surface area contributed by atoms with Gasteiger partial charge in [-0.05, 0) is 43.3 Å². The van der Waals surface area contributed by atoms with E-state index in [1.165, 1.54) is 0 Å². The Morgan fingerprint density at radius 2 is 1.96 bits per heavy atom. The number of ketones is 1.